The summed E-state index contributed by atoms with van der Waals surface area (Å²) in [4.78, 5) is 0. The van der Waals surface area contributed by atoms with Crippen molar-refractivity contribution in [1.29, 1.82) is 0 Å². The second-order valence-electron chi connectivity index (χ2n) is 9.19. The van der Waals surface area contributed by atoms with Crippen LogP contribution in [0.2, 0.25) is 0 Å². The van der Waals surface area contributed by atoms with Crippen LogP contribution in [-0.2, 0) is 34.2 Å². The van der Waals surface area contributed by atoms with E-state index < -0.39 is 52.0 Å². The number of fused-ring (bicyclic) bond motifs is 3. The highest BCUT2D eigenvalue weighted by atomic mass is 19.3. The second-order valence-corrected chi connectivity index (χ2v) is 9.19. The fourth-order valence-electron chi connectivity index (χ4n) is 4.81. The summed E-state index contributed by atoms with van der Waals surface area (Å²) in [6.45, 7) is 6.31. The van der Waals surface area contributed by atoms with Crippen LogP contribution in [0.3, 0.4) is 0 Å². The molecule has 1 aliphatic carbocycles. The van der Waals surface area contributed by atoms with Gasteiger partial charge in [0.25, 0.3) is 0 Å². The Bertz CT molecular complexity index is 1090. The topological polar surface area (TPSA) is 18.5 Å². The van der Waals surface area contributed by atoms with Crippen LogP contribution in [0.4, 0.5) is 26.3 Å². The molecule has 2 aromatic rings. The highest BCUT2D eigenvalue weighted by Gasteiger charge is 2.65. The summed E-state index contributed by atoms with van der Waals surface area (Å²) in [6.07, 6.45) is 3.57. The van der Waals surface area contributed by atoms with Gasteiger partial charge in [-0.05, 0) is 47.9 Å². The summed E-state index contributed by atoms with van der Waals surface area (Å²) in [6, 6.07) is 4.93. The highest BCUT2D eigenvalue weighted by molar-refractivity contribution is 5.77. The fourth-order valence-corrected chi connectivity index (χ4v) is 4.81. The fraction of sp³-hybridized carbons (Fsp3) is 0.481. The third-order valence-corrected chi connectivity index (χ3v) is 6.74. The third kappa shape index (κ3) is 4.51. The first-order valence-corrected chi connectivity index (χ1v) is 11.9. The minimum atomic E-state index is -4.92. The van der Waals surface area contributed by atoms with Crippen LogP contribution in [0.5, 0.6) is 0 Å². The number of hydrogen-bond acceptors (Lipinski definition) is 2. The number of halogens is 6. The van der Waals surface area contributed by atoms with Crippen molar-refractivity contribution in [1.82, 2.24) is 0 Å². The van der Waals surface area contributed by atoms with E-state index in [4.69, 9.17) is 9.47 Å². The van der Waals surface area contributed by atoms with Gasteiger partial charge < -0.3 is 9.47 Å². The number of aryl methyl sites for hydroxylation is 2. The van der Waals surface area contributed by atoms with Gasteiger partial charge >= 0.3 is 11.8 Å². The SMILES string of the molecule is C=CCCC1COC(CCc2ccc3c(c2F)C(F)(F)C(F)(F)c2c-3ccc(CCC)c2F)OC1. The van der Waals surface area contributed by atoms with E-state index in [0.717, 1.165) is 12.8 Å². The first-order valence-electron chi connectivity index (χ1n) is 11.9. The minimum absolute atomic E-state index is 0.0423. The Kier molecular flexibility index (Phi) is 7.34. The Morgan fingerprint density at radius 1 is 0.857 bits per heavy atom. The van der Waals surface area contributed by atoms with Crippen molar-refractivity contribution in [3.05, 3.63) is 70.8 Å². The smallest absolute Gasteiger partial charge is 0.343 e. The molecular weight excluding hydrogens is 470 g/mol. The molecule has 0 N–H and O–H groups in total. The van der Waals surface area contributed by atoms with Gasteiger partial charge in [0.1, 0.15) is 11.6 Å². The van der Waals surface area contributed by atoms with Gasteiger partial charge in [0.2, 0.25) is 0 Å². The van der Waals surface area contributed by atoms with E-state index in [1.165, 1.54) is 24.3 Å². The molecule has 0 spiro atoms. The number of benzene rings is 2. The van der Waals surface area contributed by atoms with Gasteiger partial charge in [-0.1, -0.05) is 43.7 Å². The molecular formula is C27H28F6O2. The lowest BCUT2D eigenvalue weighted by Gasteiger charge is -2.36. The molecule has 0 saturated carbocycles. The maximum Gasteiger partial charge on any atom is 0.343 e. The molecule has 0 aromatic heterocycles. The van der Waals surface area contributed by atoms with Crippen molar-refractivity contribution in [2.24, 2.45) is 5.92 Å². The summed E-state index contributed by atoms with van der Waals surface area (Å²) >= 11 is 0. The molecule has 4 rings (SSSR count). The van der Waals surface area contributed by atoms with Crippen LogP contribution in [0.1, 0.15) is 54.9 Å². The molecule has 1 heterocycles. The monoisotopic (exact) mass is 498 g/mol. The minimum Gasteiger partial charge on any atom is -0.352 e. The van der Waals surface area contributed by atoms with E-state index in [9.17, 15) is 4.39 Å². The van der Waals surface area contributed by atoms with Crippen molar-refractivity contribution in [3.63, 3.8) is 0 Å². The lowest BCUT2D eigenvalue weighted by Crippen LogP contribution is -2.41. The molecule has 2 aliphatic rings. The van der Waals surface area contributed by atoms with Gasteiger partial charge in [0.05, 0.1) is 24.3 Å². The summed E-state index contributed by atoms with van der Waals surface area (Å²) in [5, 5.41) is 0. The quantitative estimate of drug-likeness (QED) is 0.275. The first kappa shape index (κ1) is 25.8. The normalized spacial score (nSPS) is 22.4. The Hall–Kier alpha value is -2.32. The van der Waals surface area contributed by atoms with Crippen molar-refractivity contribution in [2.75, 3.05) is 13.2 Å². The van der Waals surface area contributed by atoms with Gasteiger partial charge in [-0.25, -0.2) is 8.78 Å². The van der Waals surface area contributed by atoms with Crippen LogP contribution >= 0.6 is 0 Å². The number of hydrogen-bond donors (Lipinski definition) is 0. The standard InChI is InChI=1S/C27H28F6O2/c1-3-5-7-16-14-34-21(35-15-16)13-10-18-9-12-20-19-11-8-17(6-4-2)24(28)22(19)26(30,31)27(32,33)23(20)25(18)29/h3,8-9,11-12,16,21H,1,4-7,10,13-15H2,2H3. The second kappa shape index (κ2) is 9.97. The molecule has 1 fully saturated rings. The van der Waals surface area contributed by atoms with E-state index in [0.29, 0.717) is 19.6 Å². The zero-order valence-electron chi connectivity index (χ0n) is 19.5. The van der Waals surface area contributed by atoms with E-state index in [2.05, 4.69) is 6.58 Å². The summed E-state index contributed by atoms with van der Waals surface area (Å²) < 4.78 is 102. The number of allylic oxidation sites excluding steroid dienone is 1. The molecule has 0 unspecified atom stereocenters. The van der Waals surface area contributed by atoms with Crippen molar-refractivity contribution in [2.45, 2.75) is 63.6 Å². The molecule has 0 amide bonds. The maximum absolute atomic E-state index is 15.3. The van der Waals surface area contributed by atoms with Crippen molar-refractivity contribution >= 4 is 0 Å². The third-order valence-electron chi connectivity index (χ3n) is 6.74. The van der Waals surface area contributed by atoms with E-state index in [1.54, 1.807) is 13.0 Å². The Morgan fingerprint density at radius 3 is 1.86 bits per heavy atom. The van der Waals surface area contributed by atoms with Gasteiger partial charge in [0.15, 0.2) is 6.29 Å². The molecule has 2 aromatic carbocycles. The largest absolute Gasteiger partial charge is 0.352 e. The van der Waals surface area contributed by atoms with Crippen molar-refractivity contribution in [3.8, 4) is 11.1 Å². The van der Waals surface area contributed by atoms with Crippen LogP contribution in [0, 0.1) is 17.6 Å². The first-order chi connectivity index (χ1) is 16.6. The van der Waals surface area contributed by atoms with Crippen molar-refractivity contribution < 1.29 is 35.8 Å². The van der Waals surface area contributed by atoms with Gasteiger partial charge in [-0.15, -0.1) is 6.58 Å². The molecule has 0 bridgehead atoms. The van der Waals surface area contributed by atoms with Crippen LogP contribution in [0.25, 0.3) is 11.1 Å². The summed E-state index contributed by atoms with van der Waals surface area (Å²) in [5.74, 6) is -12.4. The van der Waals surface area contributed by atoms with E-state index >= 15 is 22.0 Å². The lowest BCUT2D eigenvalue weighted by molar-refractivity contribution is -0.227. The Labute approximate surface area is 200 Å². The van der Waals surface area contributed by atoms with Gasteiger partial charge in [-0.2, -0.15) is 17.6 Å². The van der Waals surface area contributed by atoms with Crippen LogP contribution in [-0.4, -0.2) is 19.5 Å². The maximum atomic E-state index is 15.3. The number of alkyl halides is 4. The predicted molar refractivity (Wildman–Crippen MR) is 121 cm³/mol. The molecule has 1 aliphatic heterocycles. The molecule has 8 heteroatoms. The molecule has 2 nitrogen and oxygen atoms in total. The van der Waals surface area contributed by atoms with Gasteiger partial charge in [-0.3, -0.25) is 0 Å². The summed E-state index contributed by atoms with van der Waals surface area (Å²) in [7, 11) is 0. The highest BCUT2D eigenvalue weighted by Crippen LogP contribution is 2.59. The number of ether oxygens (including phenoxy) is 2. The average molecular weight is 499 g/mol. The van der Waals surface area contributed by atoms with E-state index in [-0.39, 0.29) is 36.3 Å². The van der Waals surface area contributed by atoms with E-state index in [1.807, 2.05) is 0 Å². The summed E-state index contributed by atoms with van der Waals surface area (Å²) in [5.41, 5.74) is -3.82. The lowest BCUT2D eigenvalue weighted by atomic mass is 9.78. The molecule has 0 atom stereocenters. The van der Waals surface area contributed by atoms with Gasteiger partial charge in [0, 0.05) is 12.3 Å². The molecule has 35 heavy (non-hydrogen) atoms. The predicted octanol–water partition coefficient (Wildman–Crippen LogP) is 7.67. The zero-order valence-corrected chi connectivity index (χ0v) is 19.5. The van der Waals surface area contributed by atoms with Crippen LogP contribution in [0.15, 0.2) is 36.9 Å². The van der Waals surface area contributed by atoms with Crippen LogP contribution < -0.4 is 0 Å². The number of rotatable bonds is 8. The molecule has 0 radical (unpaired) electrons. The Morgan fingerprint density at radius 2 is 1.37 bits per heavy atom. The zero-order chi connectivity index (χ0) is 25.4. The average Bonchev–Trinajstić information content (AvgIpc) is 2.82. The molecule has 1 saturated heterocycles. The Balaban J connectivity index is 1.62. The molecule has 190 valence electrons.